The van der Waals surface area contributed by atoms with E-state index >= 15 is 0 Å². The lowest BCUT2D eigenvalue weighted by molar-refractivity contribution is 0.0827. The fourth-order valence-electron chi connectivity index (χ4n) is 1.73. The molecule has 98 valence electrons. The molecule has 0 aliphatic heterocycles. The first kappa shape index (κ1) is 12.7. The molecule has 0 aromatic heterocycles. The van der Waals surface area contributed by atoms with E-state index in [9.17, 15) is 4.79 Å². The minimum Gasteiger partial charge on any atom is -0.488 e. The van der Waals surface area contributed by atoms with Gasteiger partial charge >= 0.3 is 0 Å². The Morgan fingerprint density at radius 1 is 1.22 bits per heavy atom. The van der Waals surface area contributed by atoms with Crippen LogP contribution in [0, 0.1) is 0 Å². The van der Waals surface area contributed by atoms with Crippen LogP contribution in [0.4, 0.5) is 5.69 Å². The van der Waals surface area contributed by atoms with E-state index in [4.69, 9.17) is 4.74 Å². The molecular formula is C14H20N2O2. The molecular weight excluding hydrogens is 228 g/mol. The Morgan fingerprint density at radius 3 is 2.39 bits per heavy atom. The summed E-state index contributed by atoms with van der Waals surface area (Å²) in [5, 5.41) is 0. The van der Waals surface area contributed by atoms with Crippen LogP contribution in [0.2, 0.25) is 0 Å². The van der Waals surface area contributed by atoms with E-state index in [1.54, 1.807) is 19.0 Å². The second-order valence-electron chi connectivity index (χ2n) is 5.09. The van der Waals surface area contributed by atoms with Gasteiger partial charge in [-0.15, -0.1) is 0 Å². The molecule has 0 saturated heterocycles. The Hall–Kier alpha value is -1.71. The van der Waals surface area contributed by atoms with Gasteiger partial charge in [-0.2, -0.15) is 0 Å². The van der Waals surface area contributed by atoms with Crippen LogP contribution in [-0.4, -0.2) is 45.1 Å². The van der Waals surface area contributed by atoms with Crippen molar-refractivity contribution < 1.29 is 9.53 Å². The number of carbonyl (C=O) groups is 1. The molecule has 1 amide bonds. The van der Waals surface area contributed by atoms with E-state index in [-0.39, 0.29) is 5.91 Å². The molecule has 4 nitrogen and oxygen atoms in total. The van der Waals surface area contributed by atoms with Gasteiger partial charge in [0.1, 0.15) is 5.75 Å². The molecule has 0 radical (unpaired) electrons. The number of hydrogen-bond donors (Lipinski definition) is 0. The van der Waals surface area contributed by atoms with E-state index in [0.29, 0.717) is 11.7 Å². The predicted octanol–water partition coefficient (Wildman–Crippen LogP) is 2.00. The second kappa shape index (κ2) is 4.88. The first-order valence-electron chi connectivity index (χ1n) is 6.18. The largest absolute Gasteiger partial charge is 0.488 e. The summed E-state index contributed by atoms with van der Waals surface area (Å²) >= 11 is 0. The van der Waals surface area contributed by atoms with Gasteiger partial charge in [0.25, 0.3) is 5.91 Å². The predicted molar refractivity (Wildman–Crippen MR) is 72.4 cm³/mol. The molecule has 1 aliphatic rings. The maximum atomic E-state index is 11.9. The summed E-state index contributed by atoms with van der Waals surface area (Å²) in [5.41, 5.74) is 1.68. The van der Waals surface area contributed by atoms with Crippen molar-refractivity contribution >= 4 is 11.6 Å². The number of amides is 1. The van der Waals surface area contributed by atoms with Gasteiger partial charge in [-0.1, -0.05) is 0 Å². The van der Waals surface area contributed by atoms with Crippen molar-refractivity contribution in [1.29, 1.82) is 0 Å². The van der Waals surface area contributed by atoms with Gasteiger partial charge < -0.3 is 14.5 Å². The van der Waals surface area contributed by atoms with Crippen LogP contribution in [0.1, 0.15) is 23.2 Å². The smallest absolute Gasteiger partial charge is 0.253 e. The van der Waals surface area contributed by atoms with E-state index in [1.807, 2.05) is 37.2 Å². The van der Waals surface area contributed by atoms with Crippen LogP contribution in [0.25, 0.3) is 0 Å². The Kier molecular flexibility index (Phi) is 3.45. The third-order valence-electron chi connectivity index (χ3n) is 2.91. The minimum atomic E-state index is 0.000882. The van der Waals surface area contributed by atoms with Gasteiger partial charge in [-0.25, -0.2) is 0 Å². The average Bonchev–Trinajstić information content (AvgIpc) is 3.11. The number of carbonyl (C=O) groups excluding carboxylic acids is 1. The molecule has 1 saturated carbocycles. The average molecular weight is 248 g/mol. The zero-order valence-electron chi connectivity index (χ0n) is 11.4. The lowest BCUT2D eigenvalue weighted by atomic mass is 10.1. The standard InChI is InChI=1S/C14H20N2O2/c1-15(2)12-8-5-10(14(17)16(3)4)9-13(12)18-11-6-7-11/h5,8-9,11H,6-7H2,1-4H3. The zero-order valence-corrected chi connectivity index (χ0v) is 11.4. The monoisotopic (exact) mass is 248 g/mol. The minimum absolute atomic E-state index is 0.000882. The summed E-state index contributed by atoms with van der Waals surface area (Å²) in [7, 11) is 7.46. The quantitative estimate of drug-likeness (QED) is 0.817. The lowest BCUT2D eigenvalue weighted by Gasteiger charge is -2.19. The number of hydrogen-bond acceptors (Lipinski definition) is 3. The highest BCUT2D eigenvalue weighted by atomic mass is 16.5. The Morgan fingerprint density at radius 2 is 1.89 bits per heavy atom. The molecule has 0 bridgehead atoms. The van der Waals surface area contributed by atoms with Crippen molar-refractivity contribution in [2.24, 2.45) is 0 Å². The molecule has 0 N–H and O–H groups in total. The van der Waals surface area contributed by atoms with Gasteiger partial charge in [0.15, 0.2) is 0 Å². The molecule has 1 aromatic carbocycles. The van der Waals surface area contributed by atoms with Crippen molar-refractivity contribution in [3.63, 3.8) is 0 Å². The molecule has 1 fully saturated rings. The normalized spacial score (nSPS) is 14.2. The van der Waals surface area contributed by atoms with Crippen LogP contribution in [0.3, 0.4) is 0 Å². The zero-order chi connectivity index (χ0) is 13.3. The number of rotatable bonds is 4. The maximum Gasteiger partial charge on any atom is 0.253 e. The van der Waals surface area contributed by atoms with Crippen molar-refractivity contribution in [3.05, 3.63) is 23.8 Å². The summed E-state index contributed by atoms with van der Waals surface area (Å²) in [4.78, 5) is 15.5. The van der Waals surface area contributed by atoms with Crippen molar-refractivity contribution in [2.45, 2.75) is 18.9 Å². The van der Waals surface area contributed by atoms with Gasteiger partial charge in [-0.05, 0) is 31.0 Å². The highest BCUT2D eigenvalue weighted by Crippen LogP contribution is 2.34. The van der Waals surface area contributed by atoms with Gasteiger partial charge in [-0.3, -0.25) is 4.79 Å². The van der Waals surface area contributed by atoms with Crippen LogP contribution >= 0.6 is 0 Å². The first-order chi connectivity index (χ1) is 8.49. The van der Waals surface area contributed by atoms with E-state index in [1.165, 1.54) is 0 Å². The lowest BCUT2D eigenvalue weighted by Crippen LogP contribution is -2.22. The Labute approximate surface area is 108 Å². The van der Waals surface area contributed by atoms with Crippen LogP contribution < -0.4 is 9.64 Å². The molecule has 0 spiro atoms. The molecule has 4 heteroatoms. The topological polar surface area (TPSA) is 32.8 Å². The number of nitrogens with zero attached hydrogens (tertiary/aromatic N) is 2. The van der Waals surface area contributed by atoms with Gasteiger partial charge in [0.05, 0.1) is 11.8 Å². The molecule has 0 atom stereocenters. The number of benzene rings is 1. The maximum absolute atomic E-state index is 11.9. The van der Waals surface area contributed by atoms with E-state index in [2.05, 4.69) is 0 Å². The Balaban J connectivity index is 2.31. The molecule has 18 heavy (non-hydrogen) atoms. The van der Waals surface area contributed by atoms with E-state index in [0.717, 1.165) is 24.3 Å². The summed E-state index contributed by atoms with van der Waals surface area (Å²) in [6.45, 7) is 0. The molecule has 2 rings (SSSR count). The molecule has 0 heterocycles. The number of ether oxygens (including phenoxy) is 1. The number of anilines is 1. The third-order valence-corrected chi connectivity index (χ3v) is 2.91. The van der Waals surface area contributed by atoms with Crippen molar-refractivity contribution in [2.75, 3.05) is 33.1 Å². The third kappa shape index (κ3) is 2.75. The highest BCUT2D eigenvalue weighted by molar-refractivity contribution is 5.95. The van der Waals surface area contributed by atoms with Crippen LogP contribution in [0.5, 0.6) is 5.75 Å². The van der Waals surface area contributed by atoms with Crippen molar-refractivity contribution in [3.8, 4) is 5.75 Å². The fourth-order valence-corrected chi connectivity index (χ4v) is 1.73. The molecule has 1 aliphatic carbocycles. The summed E-state index contributed by atoms with van der Waals surface area (Å²) < 4.78 is 5.88. The highest BCUT2D eigenvalue weighted by Gasteiger charge is 2.25. The van der Waals surface area contributed by atoms with Gasteiger partial charge in [0, 0.05) is 33.8 Å². The fraction of sp³-hybridized carbons (Fsp3) is 0.500. The summed E-state index contributed by atoms with van der Waals surface area (Å²) in [6.07, 6.45) is 2.55. The Bertz CT molecular complexity index is 451. The van der Waals surface area contributed by atoms with E-state index < -0.39 is 0 Å². The molecule has 1 aromatic rings. The van der Waals surface area contributed by atoms with Crippen molar-refractivity contribution in [1.82, 2.24) is 4.90 Å². The molecule has 0 unspecified atom stereocenters. The SMILES string of the molecule is CN(C)C(=O)c1ccc(N(C)C)c(OC2CC2)c1. The first-order valence-corrected chi connectivity index (χ1v) is 6.18. The summed E-state index contributed by atoms with van der Waals surface area (Å²) in [5.74, 6) is 0.802. The van der Waals surface area contributed by atoms with Crippen LogP contribution in [0.15, 0.2) is 18.2 Å². The van der Waals surface area contributed by atoms with Crippen LogP contribution in [-0.2, 0) is 0 Å². The second-order valence-corrected chi connectivity index (χ2v) is 5.09. The summed E-state index contributed by atoms with van der Waals surface area (Å²) in [6, 6.07) is 5.63. The van der Waals surface area contributed by atoms with Gasteiger partial charge in [0.2, 0.25) is 0 Å².